The van der Waals surface area contributed by atoms with Crippen LogP contribution in [0.1, 0.15) is 36.5 Å². The van der Waals surface area contributed by atoms with E-state index in [9.17, 15) is 19.1 Å². The van der Waals surface area contributed by atoms with Crippen LogP contribution in [0.5, 0.6) is 0 Å². The third-order valence-electron chi connectivity index (χ3n) is 3.91. The summed E-state index contributed by atoms with van der Waals surface area (Å²) >= 11 is 0. The first kappa shape index (κ1) is 16.4. The predicted molar refractivity (Wildman–Crippen MR) is 79.8 cm³/mol. The Kier molecular flexibility index (Phi) is 5.49. The summed E-state index contributed by atoms with van der Waals surface area (Å²) in [5.74, 6) is -1.21. The van der Waals surface area contributed by atoms with E-state index < -0.39 is 17.8 Å². The van der Waals surface area contributed by atoms with Gasteiger partial charge >= 0.3 is 0 Å². The Balaban J connectivity index is 1.92. The van der Waals surface area contributed by atoms with Crippen molar-refractivity contribution in [2.45, 2.75) is 38.3 Å². The second-order valence-electron chi connectivity index (χ2n) is 5.58. The van der Waals surface area contributed by atoms with E-state index in [1.54, 1.807) is 11.8 Å². The third-order valence-corrected chi connectivity index (χ3v) is 3.91. The number of hydrogen-bond acceptors (Lipinski definition) is 3. The summed E-state index contributed by atoms with van der Waals surface area (Å²) in [6.45, 7) is 2.10. The normalized spacial score (nSPS) is 19.6. The topological polar surface area (TPSA) is 69.6 Å². The molecular formula is C16H21FN2O3. The van der Waals surface area contributed by atoms with Gasteiger partial charge < -0.3 is 15.3 Å². The molecular weight excluding hydrogens is 287 g/mol. The van der Waals surface area contributed by atoms with Gasteiger partial charge in [-0.15, -0.1) is 0 Å². The average Bonchev–Trinajstić information content (AvgIpc) is 2.52. The SMILES string of the molecule is C[C@H](O)[C@@H]1CCCCN1C(=O)CNC(=O)c1cccc(F)c1. The molecule has 1 saturated heterocycles. The fraction of sp³-hybridized carbons (Fsp3) is 0.500. The van der Waals surface area contributed by atoms with Crippen molar-refractivity contribution in [1.29, 1.82) is 0 Å². The number of aliphatic hydroxyl groups is 1. The van der Waals surface area contributed by atoms with E-state index in [1.807, 2.05) is 0 Å². The molecule has 2 N–H and O–H groups in total. The Hall–Kier alpha value is -1.95. The predicted octanol–water partition coefficient (Wildman–Crippen LogP) is 1.32. The standard InChI is InChI=1S/C16H21FN2O3/c1-11(20)14-7-2-3-8-19(14)15(21)10-18-16(22)12-5-4-6-13(17)9-12/h4-6,9,11,14,20H,2-3,7-8,10H2,1H3,(H,18,22)/t11-,14-/m0/s1. The van der Waals surface area contributed by atoms with Gasteiger partial charge in [0.1, 0.15) is 5.82 Å². The van der Waals surface area contributed by atoms with Crippen LogP contribution in [-0.2, 0) is 4.79 Å². The summed E-state index contributed by atoms with van der Waals surface area (Å²) in [6, 6.07) is 5.11. The summed E-state index contributed by atoms with van der Waals surface area (Å²) in [5, 5.41) is 12.3. The molecule has 0 unspecified atom stereocenters. The number of amides is 2. The van der Waals surface area contributed by atoms with Crippen molar-refractivity contribution in [1.82, 2.24) is 10.2 Å². The smallest absolute Gasteiger partial charge is 0.251 e. The first-order chi connectivity index (χ1) is 10.5. The quantitative estimate of drug-likeness (QED) is 0.881. The minimum atomic E-state index is -0.594. The number of rotatable bonds is 4. The van der Waals surface area contributed by atoms with Crippen molar-refractivity contribution in [2.75, 3.05) is 13.1 Å². The van der Waals surface area contributed by atoms with Crippen LogP contribution >= 0.6 is 0 Å². The molecule has 1 aromatic carbocycles. The van der Waals surface area contributed by atoms with Gasteiger partial charge in [0.25, 0.3) is 5.91 Å². The molecule has 2 amide bonds. The number of piperidine rings is 1. The molecule has 0 bridgehead atoms. The van der Waals surface area contributed by atoms with Crippen molar-refractivity contribution in [3.05, 3.63) is 35.6 Å². The number of nitrogens with one attached hydrogen (secondary N) is 1. The van der Waals surface area contributed by atoms with Gasteiger partial charge in [-0.05, 0) is 44.4 Å². The highest BCUT2D eigenvalue weighted by atomic mass is 19.1. The van der Waals surface area contributed by atoms with Crippen LogP contribution in [0.2, 0.25) is 0 Å². The number of likely N-dealkylation sites (tertiary alicyclic amines) is 1. The van der Waals surface area contributed by atoms with Crippen LogP contribution in [0.15, 0.2) is 24.3 Å². The van der Waals surface area contributed by atoms with Crippen LogP contribution < -0.4 is 5.32 Å². The van der Waals surface area contributed by atoms with Crippen molar-refractivity contribution in [2.24, 2.45) is 0 Å². The number of carbonyl (C=O) groups is 2. The minimum absolute atomic E-state index is 0.154. The van der Waals surface area contributed by atoms with Gasteiger partial charge in [0.15, 0.2) is 0 Å². The van der Waals surface area contributed by atoms with Gasteiger partial charge in [-0.1, -0.05) is 6.07 Å². The van der Waals surface area contributed by atoms with E-state index in [-0.39, 0.29) is 24.1 Å². The zero-order valence-electron chi connectivity index (χ0n) is 12.6. The molecule has 120 valence electrons. The average molecular weight is 308 g/mol. The Morgan fingerprint density at radius 3 is 2.91 bits per heavy atom. The number of hydrogen-bond donors (Lipinski definition) is 2. The second kappa shape index (κ2) is 7.35. The molecule has 1 fully saturated rings. The molecule has 22 heavy (non-hydrogen) atoms. The number of aliphatic hydroxyl groups excluding tert-OH is 1. The Morgan fingerprint density at radius 1 is 1.45 bits per heavy atom. The Morgan fingerprint density at radius 2 is 2.23 bits per heavy atom. The molecule has 0 radical (unpaired) electrons. The zero-order chi connectivity index (χ0) is 16.1. The molecule has 2 rings (SSSR count). The Labute approximate surface area is 129 Å². The van der Waals surface area contributed by atoms with E-state index in [0.29, 0.717) is 6.54 Å². The molecule has 0 saturated carbocycles. The Bertz CT molecular complexity index is 548. The first-order valence-electron chi connectivity index (χ1n) is 7.50. The van der Waals surface area contributed by atoms with Crippen molar-refractivity contribution < 1.29 is 19.1 Å². The maximum absolute atomic E-state index is 13.1. The van der Waals surface area contributed by atoms with Crippen LogP contribution in [0.4, 0.5) is 4.39 Å². The highest BCUT2D eigenvalue weighted by Gasteiger charge is 2.29. The molecule has 2 atom stereocenters. The highest BCUT2D eigenvalue weighted by molar-refractivity contribution is 5.96. The lowest BCUT2D eigenvalue weighted by molar-refractivity contribution is -0.136. The summed E-state index contributed by atoms with van der Waals surface area (Å²) in [4.78, 5) is 25.8. The number of nitrogens with zero attached hydrogens (tertiary/aromatic N) is 1. The molecule has 1 aliphatic heterocycles. The number of benzene rings is 1. The van der Waals surface area contributed by atoms with Crippen molar-refractivity contribution in [3.8, 4) is 0 Å². The summed E-state index contributed by atoms with van der Waals surface area (Å²) in [5.41, 5.74) is 0.179. The molecule has 5 nitrogen and oxygen atoms in total. The van der Waals surface area contributed by atoms with Crippen molar-refractivity contribution >= 4 is 11.8 Å². The lowest BCUT2D eigenvalue weighted by Gasteiger charge is -2.37. The fourth-order valence-electron chi connectivity index (χ4n) is 2.76. The van der Waals surface area contributed by atoms with Crippen molar-refractivity contribution in [3.63, 3.8) is 0 Å². The maximum atomic E-state index is 13.1. The number of carbonyl (C=O) groups excluding carboxylic acids is 2. The summed E-state index contributed by atoms with van der Waals surface area (Å²) in [7, 11) is 0. The van der Waals surface area contributed by atoms with Crippen LogP contribution in [-0.4, -0.2) is 47.1 Å². The molecule has 1 heterocycles. The van der Waals surface area contributed by atoms with Gasteiger partial charge in [0.2, 0.25) is 5.91 Å². The molecule has 0 aromatic heterocycles. The third kappa shape index (κ3) is 4.04. The first-order valence-corrected chi connectivity index (χ1v) is 7.50. The van der Waals surface area contributed by atoms with Gasteiger partial charge in [0, 0.05) is 12.1 Å². The summed E-state index contributed by atoms with van der Waals surface area (Å²) < 4.78 is 13.1. The minimum Gasteiger partial charge on any atom is -0.391 e. The lowest BCUT2D eigenvalue weighted by Crippen LogP contribution is -2.51. The largest absolute Gasteiger partial charge is 0.391 e. The van der Waals surface area contributed by atoms with E-state index >= 15 is 0 Å². The van der Waals surface area contributed by atoms with Gasteiger partial charge in [-0.25, -0.2) is 4.39 Å². The maximum Gasteiger partial charge on any atom is 0.251 e. The van der Waals surface area contributed by atoms with Gasteiger partial charge in [-0.2, -0.15) is 0 Å². The van der Waals surface area contributed by atoms with E-state index in [0.717, 1.165) is 25.3 Å². The highest BCUT2D eigenvalue weighted by Crippen LogP contribution is 2.19. The molecule has 0 aliphatic carbocycles. The summed E-state index contributed by atoms with van der Waals surface area (Å²) in [6.07, 6.45) is 2.05. The fourth-order valence-corrected chi connectivity index (χ4v) is 2.76. The van der Waals surface area contributed by atoms with E-state index in [4.69, 9.17) is 0 Å². The second-order valence-corrected chi connectivity index (χ2v) is 5.58. The van der Waals surface area contributed by atoms with E-state index in [2.05, 4.69) is 5.32 Å². The van der Waals surface area contributed by atoms with Gasteiger partial charge in [0.05, 0.1) is 18.7 Å². The molecule has 1 aliphatic rings. The lowest BCUT2D eigenvalue weighted by atomic mass is 9.98. The van der Waals surface area contributed by atoms with E-state index in [1.165, 1.54) is 18.2 Å². The molecule has 0 spiro atoms. The van der Waals surface area contributed by atoms with Gasteiger partial charge in [-0.3, -0.25) is 9.59 Å². The zero-order valence-corrected chi connectivity index (χ0v) is 12.6. The van der Waals surface area contributed by atoms with Crippen LogP contribution in [0.25, 0.3) is 0 Å². The molecule has 6 heteroatoms. The number of halogens is 1. The van der Waals surface area contributed by atoms with Crippen LogP contribution in [0, 0.1) is 5.82 Å². The molecule has 1 aromatic rings. The van der Waals surface area contributed by atoms with Crippen LogP contribution in [0.3, 0.4) is 0 Å². The monoisotopic (exact) mass is 308 g/mol.